The van der Waals surface area contributed by atoms with Gasteiger partial charge in [0.05, 0.1) is 5.92 Å². The highest BCUT2D eigenvalue weighted by Crippen LogP contribution is 2.48. The molecule has 0 amide bonds. The maximum atomic E-state index is 15.2. The van der Waals surface area contributed by atoms with Gasteiger partial charge >= 0.3 is 0 Å². The van der Waals surface area contributed by atoms with Crippen LogP contribution >= 0.6 is 0 Å². The smallest absolute Gasteiger partial charge is 0.123 e. The molecule has 112 valence electrons. The number of hydrogen-bond donors (Lipinski definition) is 1. The van der Waals surface area contributed by atoms with E-state index < -0.39 is 0 Å². The molecular weight excluding hydrogens is 280 g/mol. The van der Waals surface area contributed by atoms with Crippen molar-refractivity contribution < 1.29 is 8.78 Å². The number of allylic oxidation sites excluding steroid dienone is 4. The summed E-state index contributed by atoms with van der Waals surface area (Å²) in [6, 6.07) is 4.52. The first-order valence-electron chi connectivity index (χ1n) is 7.46. The Hall–Kier alpha value is -2.16. The van der Waals surface area contributed by atoms with Crippen molar-refractivity contribution in [3.8, 4) is 0 Å². The monoisotopic (exact) mass is 297 g/mol. The van der Waals surface area contributed by atoms with Gasteiger partial charge in [-0.3, -0.25) is 0 Å². The van der Waals surface area contributed by atoms with Crippen LogP contribution in [0.4, 0.5) is 8.78 Å². The van der Waals surface area contributed by atoms with E-state index in [-0.39, 0.29) is 23.1 Å². The lowest BCUT2D eigenvalue weighted by molar-refractivity contribution is 0.436. The summed E-state index contributed by atoms with van der Waals surface area (Å²) < 4.78 is 28.6. The fraction of sp³-hybridized carbons (Fsp3) is 0.263. The highest BCUT2D eigenvalue weighted by Gasteiger charge is 2.38. The second-order valence-electron chi connectivity index (χ2n) is 6.82. The van der Waals surface area contributed by atoms with Crippen LogP contribution in [-0.2, 0) is 0 Å². The van der Waals surface area contributed by atoms with Crippen molar-refractivity contribution in [2.45, 2.75) is 26.3 Å². The van der Waals surface area contributed by atoms with Crippen LogP contribution in [0.15, 0.2) is 53.0 Å². The number of halogens is 2. The van der Waals surface area contributed by atoms with Gasteiger partial charge in [0, 0.05) is 16.8 Å². The number of fused-ring (bicyclic) bond motifs is 4. The third kappa shape index (κ3) is 1.81. The molecule has 0 bridgehead atoms. The lowest BCUT2D eigenvalue weighted by Crippen LogP contribution is -2.44. The molecule has 1 nitrogen and oxygen atoms in total. The number of hydrogen-bond acceptors (Lipinski definition) is 1. The zero-order valence-electron chi connectivity index (χ0n) is 12.8. The van der Waals surface area contributed by atoms with Gasteiger partial charge in [-0.1, -0.05) is 17.7 Å². The van der Waals surface area contributed by atoms with Crippen molar-refractivity contribution in [3.05, 3.63) is 70.0 Å². The summed E-state index contributed by atoms with van der Waals surface area (Å²) in [6.45, 7) is 6.10. The molecule has 0 aromatic heterocycles. The third-order valence-electron chi connectivity index (χ3n) is 4.51. The molecule has 22 heavy (non-hydrogen) atoms. The average Bonchev–Trinajstić information content (AvgIpc) is 2.73. The van der Waals surface area contributed by atoms with Gasteiger partial charge in [0.15, 0.2) is 0 Å². The fourth-order valence-corrected chi connectivity index (χ4v) is 3.80. The first-order valence-corrected chi connectivity index (χ1v) is 7.46. The summed E-state index contributed by atoms with van der Waals surface area (Å²) in [5.41, 5.74) is 4.65. The van der Waals surface area contributed by atoms with E-state index in [1.807, 2.05) is 19.1 Å². The van der Waals surface area contributed by atoms with E-state index in [0.29, 0.717) is 5.57 Å². The van der Waals surface area contributed by atoms with Crippen molar-refractivity contribution in [3.63, 3.8) is 0 Å². The molecular formula is C19H17F2N. The molecule has 0 fully saturated rings. The van der Waals surface area contributed by atoms with Gasteiger partial charge in [-0.25, -0.2) is 8.78 Å². The second kappa shape index (κ2) is 4.19. The molecule has 1 N–H and O–H groups in total. The molecule has 4 rings (SSSR count). The number of benzene rings is 1. The molecule has 0 saturated carbocycles. The zero-order valence-corrected chi connectivity index (χ0v) is 12.8. The molecule has 0 spiro atoms. The van der Waals surface area contributed by atoms with Crippen LogP contribution in [0.2, 0.25) is 0 Å². The van der Waals surface area contributed by atoms with E-state index >= 15 is 4.39 Å². The molecule has 0 saturated heterocycles. The van der Waals surface area contributed by atoms with Crippen LogP contribution in [0, 0.1) is 11.7 Å². The first-order chi connectivity index (χ1) is 10.4. The highest BCUT2D eigenvalue weighted by molar-refractivity contribution is 5.99. The predicted octanol–water partition coefficient (Wildman–Crippen LogP) is 4.75. The Morgan fingerprint density at radius 3 is 2.68 bits per heavy atom. The Balaban J connectivity index is 1.93. The van der Waals surface area contributed by atoms with E-state index in [0.717, 1.165) is 28.0 Å². The number of rotatable bonds is 0. The largest absolute Gasteiger partial charge is 0.379 e. The van der Waals surface area contributed by atoms with Crippen molar-refractivity contribution in [2.24, 2.45) is 5.92 Å². The van der Waals surface area contributed by atoms with Gasteiger partial charge in [-0.05, 0) is 61.8 Å². The fourth-order valence-electron chi connectivity index (χ4n) is 3.80. The van der Waals surface area contributed by atoms with Gasteiger partial charge in [0.2, 0.25) is 0 Å². The minimum absolute atomic E-state index is 0.147. The van der Waals surface area contributed by atoms with E-state index in [1.54, 1.807) is 6.07 Å². The molecule has 1 aliphatic heterocycles. The summed E-state index contributed by atoms with van der Waals surface area (Å²) in [4.78, 5) is 0. The van der Waals surface area contributed by atoms with Gasteiger partial charge in [-0.15, -0.1) is 0 Å². The van der Waals surface area contributed by atoms with Gasteiger partial charge in [0.1, 0.15) is 11.6 Å². The van der Waals surface area contributed by atoms with Gasteiger partial charge in [-0.2, -0.15) is 0 Å². The Morgan fingerprint density at radius 1 is 1.14 bits per heavy atom. The minimum Gasteiger partial charge on any atom is -0.379 e. The third-order valence-corrected chi connectivity index (χ3v) is 4.51. The SMILES string of the molecule is CC1=CC(C)(C)NC2=CC3=Cc4cc(F)ccc4C3=C(F)C12. The van der Waals surface area contributed by atoms with Crippen LogP contribution in [0.1, 0.15) is 31.9 Å². The summed E-state index contributed by atoms with van der Waals surface area (Å²) in [6.07, 6.45) is 5.93. The molecule has 2 aliphatic carbocycles. The summed E-state index contributed by atoms with van der Waals surface area (Å²) >= 11 is 0. The summed E-state index contributed by atoms with van der Waals surface area (Å²) in [7, 11) is 0. The molecule has 1 unspecified atom stereocenters. The lowest BCUT2D eigenvalue weighted by Gasteiger charge is -2.38. The van der Waals surface area contributed by atoms with Crippen molar-refractivity contribution in [1.29, 1.82) is 0 Å². The maximum Gasteiger partial charge on any atom is 0.123 e. The van der Waals surface area contributed by atoms with Crippen LogP contribution < -0.4 is 5.32 Å². The molecule has 0 radical (unpaired) electrons. The Labute approximate surface area is 128 Å². The van der Waals surface area contributed by atoms with Crippen LogP contribution in [0.3, 0.4) is 0 Å². The minimum atomic E-state index is -0.351. The van der Waals surface area contributed by atoms with E-state index in [2.05, 4.69) is 25.2 Å². The Bertz CT molecular complexity index is 822. The van der Waals surface area contributed by atoms with E-state index in [9.17, 15) is 4.39 Å². The van der Waals surface area contributed by atoms with E-state index in [4.69, 9.17) is 0 Å². The second-order valence-corrected chi connectivity index (χ2v) is 6.82. The number of nitrogens with one attached hydrogen (secondary N) is 1. The molecule has 3 aliphatic rings. The quantitative estimate of drug-likeness (QED) is 0.682. The van der Waals surface area contributed by atoms with Crippen LogP contribution in [0.5, 0.6) is 0 Å². The van der Waals surface area contributed by atoms with Crippen LogP contribution in [-0.4, -0.2) is 5.54 Å². The molecule has 1 aromatic rings. The normalized spacial score (nSPS) is 24.6. The van der Waals surface area contributed by atoms with Crippen molar-refractivity contribution in [2.75, 3.05) is 0 Å². The zero-order chi connectivity index (χ0) is 15.6. The van der Waals surface area contributed by atoms with Gasteiger partial charge in [0.25, 0.3) is 0 Å². The summed E-state index contributed by atoms with van der Waals surface area (Å²) in [5.74, 6) is -0.794. The lowest BCUT2D eigenvalue weighted by atomic mass is 9.79. The van der Waals surface area contributed by atoms with E-state index in [1.165, 1.54) is 12.1 Å². The van der Waals surface area contributed by atoms with Gasteiger partial charge < -0.3 is 5.32 Å². The standard InChI is InChI=1S/C19H17F2N/c1-10-9-19(2,3)22-15-8-12-6-11-7-13(20)4-5-14(11)17(12)18(21)16(10)15/h4-9,16,22H,1-3H3. The first kappa shape index (κ1) is 13.5. The average molecular weight is 297 g/mol. The topological polar surface area (TPSA) is 12.0 Å². The van der Waals surface area contributed by atoms with Crippen LogP contribution in [0.25, 0.3) is 11.6 Å². The maximum absolute atomic E-state index is 15.2. The van der Waals surface area contributed by atoms with Crippen molar-refractivity contribution >= 4 is 11.6 Å². The molecule has 1 aromatic carbocycles. The summed E-state index contributed by atoms with van der Waals surface area (Å²) in [5, 5.41) is 3.40. The Kier molecular flexibility index (Phi) is 2.57. The molecule has 1 atom stereocenters. The highest BCUT2D eigenvalue weighted by atomic mass is 19.1. The predicted molar refractivity (Wildman–Crippen MR) is 84.9 cm³/mol. The molecule has 1 heterocycles. The Morgan fingerprint density at radius 2 is 1.91 bits per heavy atom. The van der Waals surface area contributed by atoms with Crippen molar-refractivity contribution in [1.82, 2.24) is 5.32 Å². The molecule has 3 heteroatoms.